The molecule has 0 saturated heterocycles. The number of allylic oxidation sites excluding steroid dienone is 18. The Labute approximate surface area is 438 Å². The first kappa shape index (κ1) is 67.1. The van der Waals surface area contributed by atoms with Crippen LogP contribution < -0.4 is 0 Å². The lowest BCUT2D eigenvalue weighted by Crippen LogP contribution is -2.30. The number of ether oxygens (including phenoxy) is 3. The molecule has 0 fully saturated rings. The zero-order chi connectivity index (χ0) is 51.4. The molecule has 0 saturated carbocycles. The molecule has 0 radical (unpaired) electrons. The molecule has 1 atom stereocenters. The summed E-state index contributed by atoms with van der Waals surface area (Å²) in [4.78, 5) is 38.2. The zero-order valence-corrected chi connectivity index (χ0v) is 46.2. The van der Waals surface area contributed by atoms with Crippen molar-refractivity contribution >= 4 is 17.9 Å². The lowest BCUT2D eigenvalue weighted by atomic mass is 10.1. The van der Waals surface area contributed by atoms with Crippen molar-refractivity contribution in [2.75, 3.05) is 13.2 Å². The van der Waals surface area contributed by atoms with E-state index in [1.807, 2.05) is 6.08 Å². The predicted molar refractivity (Wildman–Crippen MR) is 307 cm³/mol. The fraction of sp³-hybridized carbons (Fsp3) is 0.677. The Hall–Kier alpha value is -3.93. The lowest BCUT2D eigenvalue weighted by molar-refractivity contribution is -0.166. The summed E-state index contributed by atoms with van der Waals surface area (Å²) in [6, 6.07) is 0. The van der Waals surface area contributed by atoms with Gasteiger partial charge >= 0.3 is 17.9 Å². The van der Waals surface area contributed by atoms with E-state index in [1.165, 1.54) is 128 Å². The smallest absolute Gasteiger partial charge is 0.306 e. The van der Waals surface area contributed by atoms with Gasteiger partial charge in [-0.25, -0.2) is 0 Å². The number of carbonyl (C=O) groups is 3. The molecule has 0 aliphatic rings. The van der Waals surface area contributed by atoms with E-state index in [2.05, 4.69) is 124 Å². The summed E-state index contributed by atoms with van der Waals surface area (Å²) in [5.74, 6) is -1.01. The van der Waals surface area contributed by atoms with Crippen molar-refractivity contribution in [2.45, 2.75) is 271 Å². The Balaban J connectivity index is 4.53. The van der Waals surface area contributed by atoms with E-state index in [9.17, 15) is 14.4 Å². The van der Waals surface area contributed by atoms with E-state index in [1.54, 1.807) is 0 Å². The Morgan fingerprint density at radius 2 is 0.535 bits per heavy atom. The molecule has 0 spiro atoms. The molecule has 404 valence electrons. The Kier molecular flexibility index (Phi) is 55.4. The normalized spacial score (nSPS) is 12.9. The Morgan fingerprint density at radius 3 is 0.873 bits per heavy atom. The van der Waals surface area contributed by atoms with E-state index in [4.69, 9.17) is 14.2 Å². The van der Waals surface area contributed by atoms with Crippen LogP contribution in [0.25, 0.3) is 0 Å². The number of hydrogen-bond acceptors (Lipinski definition) is 6. The molecule has 0 rings (SSSR count). The molecule has 0 aliphatic heterocycles. The van der Waals surface area contributed by atoms with Crippen LogP contribution in [0.2, 0.25) is 0 Å². The third kappa shape index (κ3) is 56.9. The van der Waals surface area contributed by atoms with Gasteiger partial charge in [-0.05, 0) is 122 Å². The Bertz CT molecular complexity index is 1460. The molecular weight excluding hydrogens is 877 g/mol. The van der Waals surface area contributed by atoms with E-state index < -0.39 is 6.10 Å². The summed E-state index contributed by atoms with van der Waals surface area (Å²) >= 11 is 0. The van der Waals surface area contributed by atoms with E-state index in [0.717, 1.165) is 89.9 Å². The molecule has 71 heavy (non-hydrogen) atoms. The van der Waals surface area contributed by atoms with Gasteiger partial charge < -0.3 is 14.2 Å². The van der Waals surface area contributed by atoms with Crippen LogP contribution >= 0.6 is 0 Å². The maximum atomic E-state index is 12.9. The molecule has 0 unspecified atom stereocenters. The summed E-state index contributed by atoms with van der Waals surface area (Å²) in [5.41, 5.74) is 0. The average molecular weight is 986 g/mol. The number of hydrogen-bond donors (Lipinski definition) is 0. The molecule has 0 aromatic rings. The number of unbranched alkanes of at least 4 members (excludes halogenated alkanes) is 23. The first-order valence-electron chi connectivity index (χ1n) is 29.4. The number of esters is 3. The molecule has 0 bridgehead atoms. The van der Waals surface area contributed by atoms with Crippen LogP contribution in [0.1, 0.15) is 265 Å². The van der Waals surface area contributed by atoms with Crippen molar-refractivity contribution in [2.24, 2.45) is 0 Å². The second-order valence-corrected chi connectivity index (χ2v) is 19.2. The number of carbonyl (C=O) groups excluding carboxylic acids is 3. The van der Waals surface area contributed by atoms with E-state index in [0.29, 0.717) is 19.3 Å². The third-order valence-corrected chi connectivity index (χ3v) is 12.2. The van der Waals surface area contributed by atoms with Crippen LogP contribution in [0.4, 0.5) is 0 Å². The highest BCUT2D eigenvalue weighted by molar-refractivity contribution is 5.71. The molecule has 0 aromatic heterocycles. The van der Waals surface area contributed by atoms with Gasteiger partial charge in [-0.15, -0.1) is 0 Å². The SMILES string of the molecule is CCCCC/C=C\C/C=C\C/C=C\C/C=C\C/C=C\CCC(=O)OC[C@H](COC(=O)CCCCCCCCC/C=C\C/C=C\CCCCC)OC(=O)CCCCCCCCC/C=C\C/C=C\CCCCC. The zero-order valence-electron chi connectivity index (χ0n) is 46.2. The minimum atomic E-state index is -0.818. The van der Waals surface area contributed by atoms with Crippen LogP contribution in [-0.2, 0) is 28.6 Å². The van der Waals surface area contributed by atoms with Crippen LogP contribution in [0.15, 0.2) is 109 Å². The van der Waals surface area contributed by atoms with Gasteiger partial charge in [0.15, 0.2) is 6.10 Å². The quantitative estimate of drug-likeness (QED) is 0.0261. The van der Waals surface area contributed by atoms with Gasteiger partial charge in [-0.3, -0.25) is 14.4 Å². The highest BCUT2D eigenvalue weighted by Crippen LogP contribution is 2.14. The van der Waals surface area contributed by atoms with Gasteiger partial charge in [-0.1, -0.05) is 233 Å². The minimum absolute atomic E-state index is 0.110. The topological polar surface area (TPSA) is 78.9 Å². The lowest BCUT2D eigenvalue weighted by Gasteiger charge is -2.18. The van der Waals surface area contributed by atoms with E-state index >= 15 is 0 Å². The largest absolute Gasteiger partial charge is 0.462 e. The Morgan fingerprint density at radius 1 is 0.282 bits per heavy atom. The van der Waals surface area contributed by atoms with Gasteiger partial charge in [0.2, 0.25) is 0 Å². The molecule has 0 aliphatic carbocycles. The van der Waals surface area contributed by atoms with E-state index in [-0.39, 0.29) is 37.5 Å². The minimum Gasteiger partial charge on any atom is -0.462 e. The standard InChI is InChI=1S/C65H108O6/c1-4-7-10-13-16-19-22-25-28-31-32-35-37-40-43-46-49-52-55-58-64(67)70-61-62(71-65(68)59-56-53-50-47-44-41-38-34-30-27-24-21-18-15-12-9-6-3)60-69-63(66)57-54-51-48-45-42-39-36-33-29-26-23-20-17-14-11-8-5-2/h16-21,25-30,32,35,40,43,49,52,62H,4-15,22-24,31,33-34,36-39,41-42,44-48,50-51,53-61H2,1-3H3/b19-16-,20-17-,21-18-,28-25-,29-26-,30-27-,35-32-,43-40-,52-49-/t62-/m0/s1. The first-order chi connectivity index (χ1) is 35.0. The van der Waals surface area contributed by atoms with Crippen molar-refractivity contribution < 1.29 is 28.6 Å². The van der Waals surface area contributed by atoms with Crippen molar-refractivity contribution in [3.63, 3.8) is 0 Å². The molecule has 0 aromatic carbocycles. The van der Waals surface area contributed by atoms with Crippen LogP contribution in [0, 0.1) is 0 Å². The summed E-state index contributed by atoms with van der Waals surface area (Å²) in [6.45, 7) is 6.49. The van der Waals surface area contributed by atoms with Crippen molar-refractivity contribution in [3.8, 4) is 0 Å². The highest BCUT2D eigenvalue weighted by atomic mass is 16.6. The molecule has 0 N–H and O–H groups in total. The van der Waals surface area contributed by atoms with Crippen molar-refractivity contribution in [1.29, 1.82) is 0 Å². The fourth-order valence-corrected chi connectivity index (χ4v) is 7.78. The fourth-order valence-electron chi connectivity index (χ4n) is 7.78. The van der Waals surface area contributed by atoms with Crippen LogP contribution in [-0.4, -0.2) is 37.2 Å². The molecule has 0 amide bonds. The van der Waals surface area contributed by atoms with Gasteiger partial charge in [0.25, 0.3) is 0 Å². The third-order valence-electron chi connectivity index (χ3n) is 12.2. The van der Waals surface area contributed by atoms with Gasteiger partial charge in [-0.2, -0.15) is 0 Å². The maximum absolute atomic E-state index is 12.9. The highest BCUT2D eigenvalue weighted by Gasteiger charge is 2.19. The summed E-state index contributed by atoms with van der Waals surface area (Å²) < 4.78 is 16.8. The van der Waals surface area contributed by atoms with Crippen molar-refractivity contribution in [3.05, 3.63) is 109 Å². The summed E-state index contributed by atoms with van der Waals surface area (Å²) in [5, 5.41) is 0. The average Bonchev–Trinajstić information content (AvgIpc) is 3.37. The first-order valence-corrected chi connectivity index (χ1v) is 29.4. The van der Waals surface area contributed by atoms with Gasteiger partial charge in [0, 0.05) is 19.3 Å². The van der Waals surface area contributed by atoms with Crippen LogP contribution in [0.5, 0.6) is 0 Å². The van der Waals surface area contributed by atoms with Crippen molar-refractivity contribution in [1.82, 2.24) is 0 Å². The van der Waals surface area contributed by atoms with Crippen LogP contribution in [0.3, 0.4) is 0 Å². The molecule has 0 heterocycles. The molecule has 6 heteroatoms. The summed E-state index contributed by atoms with van der Waals surface area (Å²) in [6.07, 6.45) is 79.4. The molecule has 6 nitrogen and oxygen atoms in total. The monoisotopic (exact) mass is 985 g/mol. The second kappa shape index (κ2) is 58.6. The number of rotatable bonds is 52. The maximum Gasteiger partial charge on any atom is 0.306 e. The predicted octanol–water partition coefficient (Wildman–Crippen LogP) is 19.9. The molecular formula is C65H108O6. The second-order valence-electron chi connectivity index (χ2n) is 19.2. The van der Waals surface area contributed by atoms with Gasteiger partial charge in [0.05, 0.1) is 0 Å². The van der Waals surface area contributed by atoms with Gasteiger partial charge in [0.1, 0.15) is 13.2 Å². The summed E-state index contributed by atoms with van der Waals surface area (Å²) in [7, 11) is 0.